The maximum absolute atomic E-state index is 6.58. The zero-order valence-corrected chi connectivity index (χ0v) is 25.4. The molecule has 3 heterocycles. The molecule has 1 fully saturated rings. The molecular formula is C37H33BO3S. The van der Waals surface area contributed by atoms with E-state index in [9.17, 15) is 0 Å². The first-order chi connectivity index (χ1) is 20.2. The van der Waals surface area contributed by atoms with Crippen molar-refractivity contribution in [2.24, 2.45) is 5.92 Å². The van der Waals surface area contributed by atoms with Gasteiger partial charge in [0.05, 0.1) is 11.2 Å². The molecule has 208 valence electrons. The van der Waals surface area contributed by atoms with Crippen LogP contribution in [0.25, 0.3) is 49.8 Å². The van der Waals surface area contributed by atoms with Crippen molar-refractivity contribution in [2.45, 2.75) is 56.0 Å². The zero-order valence-electron chi connectivity index (χ0n) is 24.6. The lowest BCUT2D eigenvalue weighted by atomic mass is 9.76. The molecule has 1 aromatic heterocycles. The fourth-order valence-electron chi connectivity index (χ4n) is 6.53. The summed E-state index contributed by atoms with van der Waals surface area (Å²) in [5.74, 6) is 0.493. The van der Waals surface area contributed by atoms with Crippen LogP contribution in [0.3, 0.4) is 0 Å². The van der Waals surface area contributed by atoms with Gasteiger partial charge in [-0.2, -0.15) is 0 Å². The molecule has 0 bridgehead atoms. The normalized spacial score (nSPS) is 22.0. The van der Waals surface area contributed by atoms with Gasteiger partial charge in [0, 0.05) is 26.5 Å². The average Bonchev–Trinajstić information content (AvgIpc) is 3.62. The number of allylic oxidation sites excluding steroid dienone is 3. The van der Waals surface area contributed by atoms with Crippen molar-refractivity contribution in [3.8, 4) is 22.3 Å². The Morgan fingerprint density at radius 1 is 0.738 bits per heavy atom. The van der Waals surface area contributed by atoms with Gasteiger partial charge in [0.25, 0.3) is 0 Å². The van der Waals surface area contributed by atoms with Crippen molar-refractivity contribution in [2.75, 3.05) is 0 Å². The quantitative estimate of drug-likeness (QED) is 0.203. The highest BCUT2D eigenvalue weighted by Crippen LogP contribution is 2.53. The van der Waals surface area contributed by atoms with Crippen molar-refractivity contribution in [3.05, 3.63) is 103 Å². The summed E-state index contributed by atoms with van der Waals surface area (Å²) in [7, 11) is -0.470. The lowest BCUT2D eigenvalue weighted by Gasteiger charge is -2.32. The van der Waals surface area contributed by atoms with Crippen LogP contribution in [-0.4, -0.2) is 23.6 Å². The van der Waals surface area contributed by atoms with Crippen LogP contribution in [0.4, 0.5) is 0 Å². The molecule has 5 heteroatoms. The summed E-state index contributed by atoms with van der Waals surface area (Å²) < 4.78 is 19.7. The molecule has 1 saturated heterocycles. The first-order valence-corrected chi connectivity index (χ1v) is 15.7. The van der Waals surface area contributed by atoms with Crippen LogP contribution in [0.2, 0.25) is 0 Å². The van der Waals surface area contributed by atoms with Gasteiger partial charge in [0.2, 0.25) is 0 Å². The molecular weight excluding hydrogens is 535 g/mol. The highest BCUT2D eigenvalue weighted by Gasteiger charge is 2.52. The van der Waals surface area contributed by atoms with E-state index in [0.29, 0.717) is 11.2 Å². The Morgan fingerprint density at radius 3 is 2.21 bits per heavy atom. The number of hydrogen-bond donors (Lipinski definition) is 0. The second-order valence-corrected chi connectivity index (χ2v) is 14.0. The number of rotatable bonds is 3. The lowest BCUT2D eigenvalue weighted by molar-refractivity contribution is 0.00578. The number of para-hydroxylation sites is 2. The van der Waals surface area contributed by atoms with Crippen molar-refractivity contribution in [1.29, 1.82) is 0 Å². The summed E-state index contributed by atoms with van der Waals surface area (Å²) in [6.45, 7) is 10.8. The summed E-state index contributed by atoms with van der Waals surface area (Å²) in [6.07, 6.45) is 6.82. The van der Waals surface area contributed by atoms with Crippen molar-refractivity contribution >= 4 is 51.9 Å². The van der Waals surface area contributed by atoms with Crippen LogP contribution >= 0.6 is 11.8 Å². The number of benzene rings is 4. The van der Waals surface area contributed by atoms with E-state index in [0.717, 1.165) is 44.1 Å². The summed E-state index contributed by atoms with van der Waals surface area (Å²) in [5.41, 5.74) is 9.31. The molecule has 42 heavy (non-hydrogen) atoms. The fourth-order valence-corrected chi connectivity index (χ4v) is 8.04. The van der Waals surface area contributed by atoms with Crippen LogP contribution in [0.5, 0.6) is 0 Å². The van der Waals surface area contributed by atoms with E-state index in [1.807, 2.05) is 23.9 Å². The highest BCUT2D eigenvalue weighted by atomic mass is 32.2. The largest absolute Gasteiger partial charge is 0.494 e. The van der Waals surface area contributed by atoms with Crippen LogP contribution in [0, 0.1) is 5.92 Å². The van der Waals surface area contributed by atoms with E-state index < -0.39 is 18.3 Å². The third-order valence-corrected chi connectivity index (χ3v) is 11.2. The number of fused-ring (bicyclic) bond motifs is 6. The number of hydrogen-bond acceptors (Lipinski definition) is 4. The predicted molar refractivity (Wildman–Crippen MR) is 176 cm³/mol. The molecule has 2 atom stereocenters. The van der Waals surface area contributed by atoms with Gasteiger partial charge in [-0.05, 0) is 79.0 Å². The molecule has 0 amide bonds. The van der Waals surface area contributed by atoms with Gasteiger partial charge in [-0.15, -0.1) is 11.8 Å². The van der Waals surface area contributed by atoms with Gasteiger partial charge in [-0.3, -0.25) is 0 Å². The van der Waals surface area contributed by atoms with E-state index in [-0.39, 0.29) is 0 Å². The monoisotopic (exact) mass is 568 g/mol. The SMILES string of the molecule is CC1C=CC=C2c3cccc(-c4cc(B5OC(C)(C)C(C)(C)O5)cc(-c5cccc6c5oc5ccccc56)c4)c3SC21. The van der Waals surface area contributed by atoms with E-state index in [2.05, 4.69) is 120 Å². The first-order valence-electron chi connectivity index (χ1n) is 14.8. The van der Waals surface area contributed by atoms with Crippen molar-refractivity contribution < 1.29 is 13.7 Å². The van der Waals surface area contributed by atoms with Gasteiger partial charge in [0.15, 0.2) is 0 Å². The fraction of sp³-hybridized carbons (Fsp3) is 0.243. The third-order valence-electron chi connectivity index (χ3n) is 9.55. The highest BCUT2D eigenvalue weighted by molar-refractivity contribution is 8.01. The zero-order chi connectivity index (χ0) is 28.8. The van der Waals surface area contributed by atoms with Crippen LogP contribution in [-0.2, 0) is 9.31 Å². The van der Waals surface area contributed by atoms with Gasteiger partial charge >= 0.3 is 7.12 Å². The molecule has 4 aromatic carbocycles. The van der Waals surface area contributed by atoms with Gasteiger partial charge in [-0.25, -0.2) is 0 Å². The van der Waals surface area contributed by atoms with E-state index in [1.54, 1.807) is 0 Å². The maximum atomic E-state index is 6.58. The van der Waals surface area contributed by atoms with Gasteiger partial charge < -0.3 is 13.7 Å². The minimum Gasteiger partial charge on any atom is -0.455 e. The Bertz CT molecular complexity index is 1950. The Morgan fingerprint density at radius 2 is 1.40 bits per heavy atom. The summed E-state index contributed by atoms with van der Waals surface area (Å²) in [5, 5.41) is 2.70. The van der Waals surface area contributed by atoms with Crippen molar-refractivity contribution in [3.63, 3.8) is 0 Å². The Balaban J connectivity index is 1.34. The molecule has 1 aliphatic carbocycles. The van der Waals surface area contributed by atoms with Crippen LogP contribution in [0.15, 0.2) is 106 Å². The molecule has 0 radical (unpaired) electrons. The molecule has 2 unspecified atom stereocenters. The third kappa shape index (κ3) is 3.91. The molecule has 0 spiro atoms. The second-order valence-electron chi connectivity index (χ2n) is 12.8. The molecule has 0 N–H and O–H groups in total. The Hall–Kier alpha value is -3.51. The van der Waals surface area contributed by atoms with Crippen LogP contribution < -0.4 is 5.46 Å². The number of thioether (sulfide) groups is 1. The molecule has 5 aromatic rings. The minimum absolute atomic E-state index is 0.429. The summed E-state index contributed by atoms with van der Waals surface area (Å²) in [6, 6.07) is 28.2. The van der Waals surface area contributed by atoms with E-state index in [1.165, 1.54) is 21.6 Å². The maximum Gasteiger partial charge on any atom is 0.494 e. The Labute approximate surface area is 251 Å². The number of furan rings is 1. The lowest BCUT2D eigenvalue weighted by Crippen LogP contribution is -2.41. The molecule has 2 aliphatic heterocycles. The summed E-state index contributed by atoms with van der Waals surface area (Å²) >= 11 is 1.99. The molecule has 3 aliphatic rings. The smallest absolute Gasteiger partial charge is 0.455 e. The standard InChI is InChI=1S/C37H33BO3S/c1-22-11-8-16-30-31-17-10-14-27(35(31)42-34(22)30)24-19-23(20-25(21-24)38-40-36(2,3)37(4,5)41-38)26-13-9-15-29-28-12-6-7-18-32(28)39-33(26)29/h6-22,34H,1-5H3. The Kier molecular flexibility index (Phi) is 5.76. The molecule has 8 rings (SSSR count). The molecule has 0 saturated carbocycles. The van der Waals surface area contributed by atoms with E-state index >= 15 is 0 Å². The minimum atomic E-state index is -0.470. The molecule has 3 nitrogen and oxygen atoms in total. The summed E-state index contributed by atoms with van der Waals surface area (Å²) in [4.78, 5) is 1.35. The van der Waals surface area contributed by atoms with Gasteiger partial charge in [0.1, 0.15) is 11.2 Å². The van der Waals surface area contributed by atoms with E-state index in [4.69, 9.17) is 13.7 Å². The first kappa shape index (κ1) is 26.1. The topological polar surface area (TPSA) is 31.6 Å². The van der Waals surface area contributed by atoms with Crippen molar-refractivity contribution in [1.82, 2.24) is 0 Å². The average molecular weight is 569 g/mol. The second kappa shape index (κ2) is 9.25. The van der Waals surface area contributed by atoms with Gasteiger partial charge in [-0.1, -0.05) is 91.9 Å². The predicted octanol–water partition coefficient (Wildman–Crippen LogP) is 9.28. The van der Waals surface area contributed by atoms with Crippen LogP contribution in [0.1, 0.15) is 40.2 Å².